The Hall–Kier alpha value is -1.11. The van der Waals surface area contributed by atoms with Crippen LogP contribution < -0.4 is 0 Å². The topological polar surface area (TPSA) is 60.7 Å². The molecular formula is C27H41F3O3. The van der Waals surface area contributed by atoms with Crippen LogP contribution >= 0.6 is 0 Å². The molecule has 3 aliphatic carbocycles. The standard InChI is InChI=1S/C27H41F3O3/c1-17(7-5-14-26(4,33)27(28,29)30)22-11-12-23-19(8-6-13-25(22,23)3)9-10-20-15-21(31)16-24(32)18(20)2/h9-10,17,21-24,31-33H,2,5-8,11-16H2,1,3-4H3/t17-,21-,22-,23?,24+,25-,26-/m1/s1. The third-order valence-corrected chi connectivity index (χ3v) is 8.92. The van der Waals surface area contributed by atoms with Crippen molar-refractivity contribution in [2.75, 3.05) is 0 Å². The third kappa shape index (κ3) is 5.59. The van der Waals surface area contributed by atoms with Gasteiger partial charge in [0.15, 0.2) is 5.60 Å². The maximum Gasteiger partial charge on any atom is 0.416 e. The van der Waals surface area contributed by atoms with E-state index in [1.54, 1.807) is 0 Å². The summed E-state index contributed by atoms with van der Waals surface area (Å²) in [5.74, 6) is 1.23. The Morgan fingerprint density at radius 1 is 1.21 bits per heavy atom. The first-order valence-electron chi connectivity index (χ1n) is 12.5. The molecule has 33 heavy (non-hydrogen) atoms. The van der Waals surface area contributed by atoms with Gasteiger partial charge in [-0.3, -0.25) is 0 Å². The number of hydrogen-bond donors (Lipinski definition) is 3. The van der Waals surface area contributed by atoms with Crippen LogP contribution in [-0.4, -0.2) is 39.3 Å². The van der Waals surface area contributed by atoms with E-state index in [0.717, 1.165) is 44.6 Å². The zero-order chi connectivity index (χ0) is 24.6. The highest BCUT2D eigenvalue weighted by atomic mass is 19.4. The minimum atomic E-state index is -4.59. The van der Waals surface area contributed by atoms with E-state index >= 15 is 0 Å². The first kappa shape index (κ1) is 26.5. The second kappa shape index (κ2) is 9.87. The lowest BCUT2D eigenvalue weighted by atomic mass is 9.60. The van der Waals surface area contributed by atoms with E-state index in [9.17, 15) is 28.5 Å². The lowest BCUT2D eigenvalue weighted by Crippen LogP contribution is -2.42. The van der Waals surface area contributed by atoms with E-state index in [-0.39, 0.29) is 11.8 Å². The van der Waals surface area contributed by atoms with Crippen molar-refractivity contribution in [3.63, 3.8) is 0 Å². The number of halogens is 3. The van der Waals surface area contributed by atoms with Gasteiger partial charge in [-0.05, 0) is 92.6 Å². The number of fused-ring (bicyclic) bond motifs is 1. The van der Waals surface area contributed by atoms with Gasteiger partial charge in [-0.2, -0.15) is 13.2 Å². The molecule has 3 fully saturated rings. The molecule has 3 saturated carbocycles. The van der Waals surface area contributed by atoms with Crippen LogP contribution in [0.2, 0.25) is 0 Å². The first-order chi connectivity index (χ1) is 15.3. The molecule has 3 N–H and O–H groups in total. The lowest BCUT2D eigenvalue weighted by Gasteiger charge is -2.44. The van der Waals surface area contributed by atoms with Gasteiger partial charge in [-0.25, -0.2) is 0 Å². The molecule has 0 aromatic heterocycles. The Morgan fingerprint density at radius 3 is 2.58 bits per heavy atom. The summed E-state index contributed by atoms with van der Waals surface area (Å²) in [6, 6.07) is 0. The summed E-state index contributed by atoms with van der Waals surface area (Å²) in [6.45, 7) is 9.39. The summed E-state index contributed by atoms with van der Waals surface area (Å²) in [4.78, 5) is 0. The van der Waals surface area contributed by atoms with Crippen molar-refractivity contribution in [1.82, 2.24) is 0 Å². The van der Waals surface area contributed by atoms with Gasteiger partial charge in [0.2, 0.25) is 0 Å². The van der Waals surface area contributed by atoms with Crippen molar-refractivity contribution >= 4 is 0 Å². The summed E-state index contributed by atoms with van der Waals surface area (Å²) < 4.78 is 38.9. The molecule has 0 amide bonds. The highest BCUT2D eigenvalue weighted by molar-refractivity contribution is 5.38. The van der Waals surface area contributed by atoms with Gasteiger partial charge in [-0.15, -0.1) is 0 Å². The van der Waals surface area contributed by atoms with Gasteiger partial charge >= 0.3 is 6.18 Å². The molecule has 3 rings (SSSR count). The number of alkyl halides is 3. The Bertz CT molecular complexity index is 782. The number of rotatable bonds is 6. The van der Waals surface area contributed by atoms with Gasteiger partial charge in [0.05, 0.1) is 12.2 Å². The molecular weight excluding hydrogens is 429 g/mol. The summed E-state index contributed by atoms with van der Waals surface area (Å²) >= 11 is 0. The molecule has 1 unspecified atom stereocenters. The van der Waals surface area contributed by atoms with E-state index in [1.165, 1.54) is 5.57 Å². The zero-order valence-corrected chi connectivity index (χ0v) is 20.3. The van der Waals surface area contributed by atoms with Crippen molar-refractivity contribution in [2.45, 2.75) is 109 Å². The van der Waals surface area contributed by atoms with Crippen LogP contribution in [0, 0.1) is 23.2 Å². The number of aliphatic hydroxyl groups excluding tert-OH is 2. The maximum absolute atomic E-state index is 13.0. The van der Waals surface area contributed by atoms with Gasteiger partial charge in [0.25, 0.3) is 0 Å². The normalized spacial score (nSPS) is 38.4. The SMILES string of the molecule is C=C1C(=CC=C2CCC[C@@]3(C)C2CC[C@@H]3[C@H](C)CCC[C@@](C)(O)C(F)(F)F)C[C@@H](O)C[C@@H]1O. The molecule has 0 aromatic rings. The third-order valence-electron chi connectivity index (χ3n) is 8.92. The molecule has 0 aliphatic heterocycles. The van der Waals surface area contributed by atoms with E-state index in [0.29, 0.717) is 49.0 Å². The van der Waals surface area contributed by atoms with Crippen LogP contribution in [0.1, 0.15) is 85.0 Å². The second-order valence-corrected chi connectivity index (χ2v) is 11.3. The summed E-state index contributed by atoms with van der Waals surface area (Å²) in [5.41, 5.74) is 0.544. The fourth-order valence-electron chi connectivity index (χ4n) is 6.79. The first-order valence-corrected chi connectivity index (χ1v) is 12.5. The number of aliphatic hydroxyl groups is 3. The van der Waals surface area contributed by atoms with Gasteiger partial charge in [-0.1, -0.05) is 44.6 Å². The van der Waals surface area contributed by atoms with E-state index in [1.807, 2.05) is 6.08 Å². The molecule has 0 spiro atoms. The second-order valence-electron chi connectivity index (χ2n) is 11.3. The lowest BCUT2D eigenvalue weighted by molar-refractivity contribution is -0.255. The largest absolute Gasteiger partial charge is 0.416 e. The average molecular weight is 471 g/mol. The monoisotopic (exact) mass is 470 g/mol. The predicted molar refractivity (Wildman–Crippen MR) is 124 cm³/mol. The van der Waals surface area contributed by atoms with E-state index < -0.39 is 24.0 Å². The Morgan fingerprint density at radius 2 is 1.91 bits per heavy atom. The molecule has 3 aliphatic rings. The molecule has 0 radical (unpaired) electrons. The van der Waals surface area contributed by atoms with Gasteiger partial charge < -0.3 is 15.3 Å². The molecule has 0 aromatic carbocycles. The van der Waals surface area contributed by atoms with Crippen LogP contribution in [0.25, 0.3) is 0 Å². The molecule has 0 heterocycles. The minimum absolute atomic E-state index is 0.136. The van der Waals surface area contributed by atoms with Crippen LogP contribution in [0.15, 0.2) is 35.5 Å². The smallest absolute Gasteiger partial charge is 0.393 e. The highest BCUT2D eigenvalue weighted by Gasteiger charge is 2.51. The summed E-state index contributed by atoms with van der Waals surface area (Å²) in [6.07, 6.45) is 5.49. The van der Waals surface area contributed by atoms with Crippen molar-refractivity contribution in [2.24, 2.45) is 23.2 Å². The van der Waals surface area contributed by atoms with Crippen molar-refractivity contribution in [1.29, 1.82) is 0 Å². The molecule has 3 nitrogen and oxygen atoms in total. The van der Waals surface area contributed by atoms with E-state index in [4.69, 9.17) is 0 Å². The zero-order valence-electron chi connectivity index (χ0n) is 20.3. The van der Waals surface area contributed by atoms with Crippen LogP contribution in [-0.2, 0) is 0 Å². The maximum atomic E-state index is 13.0. The predicted octanol–water partition coefficient (Wildman–Crippen LogP) is 6.25. The fourth-order valence-corrected chi connectivity index (χ4v) is 6.79. The van der Waals surface area contributed by atoms with Gasteiger partial charge in [0, 0.05) is 6.42 Å². The molecule has 6 heteroatoms. The number of allylic oxidation sites excluding steroid dienone is 3. The molecule has 0 saturated heterocycles. The fraction of sp³-hybridized carbons (Fsp3) is 0.778. The average Bonchev–Trinajstić information content (AvgIpc) is 3.06. The van der Waals surface area contributed by atoms with Crippen molar-refractivity contribution in [3.8, 4) is 0 Å². The van der Waals surface area contributed by atoms with Gasteiger partial charge in [0.1, 0.15) is 0 Å². The quantitative estimate of drug-likeness (QED) is 0.430. The van der Waals surface area contributed by atoms with Crippen molar-refractivity contribution in [3.05, 3.63) is 35.5 Å². The summed E-state index contributed by atoms with van der Waals surface area (Å²) in [7, 11) is 0. The highest BCUT2D eigenvalue weighted by Crippen LogP contribution is 2.60. The van der Waals surface area contributed by atoms with E-state index in [2.05, 4.69) is 26.5 Å². The Balaban J connectivity index is 1.67. The molecule has 0 bridgehead atoms. The Kier molecular flexibility index (Phi) is 7.92. The van der Waals surface area contributed by atoms with Crippen LogP contribution in [0.3, 0.4) is 0 Å². The molecule has 188 valence electrons. The number of hydrogen-bond acceptors (Lipinski definition) is 3. The van der Waals surface area contributed by atoms with Crippen LogP contribution in [0.5, 0.6) is 0 Å². The summed E-state index contributed by atoms with van der Waals surface area (Å²) in [5, 5.41) is 29.9. The van der Waals surface area contributed by atoms with Crippen LogP contribution in [0.4, 0.5) is 13.2 Å². The molecule has 7 atom stereocenters. The van der Waals surface area contributed by atoms with Crippen molar-refractivity contribution < 1.29 is 28.5 Å². The minimum Gasteiger partial charge on any atom is -0.393 e. The Labute approximate surface area is 196 Å².